The summed E-state index contributed by atoms with van der Waals surface area (Å²) in [7, 11) is 0. The Morgan fingerprint density at radius 1 is 1.29 bits per heavy atom. The summed E-state index contributed by atoms with van der Waals surface area (Å²) in [6.07, 6.45) is 1.07. The average molecular weight is 290 g/mol. The number of rotatable bonds is 6. The maximum absolute atomic E-state index is 5.51. The molecule has 1 aliphatic heterocycles. The average Bonchev–Trinajstić information content (AvgIpc) is 2.48. The number of aryl methyl sites for hydroxylation is 1. The van der Waals surface area contributed by atoms with E-state index in [1.807, 2.05) is 0 Å². The topological polar surface area (TPSA) is 24.5 Å². The first-order chi connectivity index (χ1) is 10.0. The summed E-state index contributed by atoms with van der Waals surface area (Å²) >= 11 is 0. The molecule has 0 amide bonds. The first kappa shape index (κ1) is 16.5. The van der Waals surface area contributed by atoms with Crippen LogP contribution in [0.25, 0.3) is 0 Å². The van der Waals surface area contributed by atoms with E-state index in [0.29, 0.717) is 6.04 Å². The molecule has 1 aromatic carbocycles. The van der Waals surface area contributed by atoms with Crippen LogP contribution in [0.5, 0.6) is 0 Å². The molecule has 3 nitrogen and oxygen atoms in total. The van der Waals surface area contributed by atoms with Gasteiger partial charge in [0.1, 0.15) is 0 Å². The van der Waals surface area contributed by atoms with Crippen LogP contribution >= 0.6 is 0 Å². The van der Waals surface area contributed by atoms with E-state index in [-0.39, 0.29) is 5.54 Å². The van der Waals surface area contributed by atoms with E-state index in [1.54, 1.807) is 0 Å². The molecular weight excluding hydrogens is 260 g/mol. The molecule has 1 N–H and O–H groups in total. The van der Waals surface area contributed by atoms with Crippen molar-refractivity contribution in [1.29, 1.82) is 0 Å². The summed E-state index contributed by atoms with van der Waals surface area (Å²) in [5.41, 5.74) is 2.89. The molecule has 118 valence electrons. The summed E-state index contributed by atoms with van der Waals surface area (Å²) in [6, 6.07) is 9.32. The van der Waals surface area contributed by atoms with Crippen molar-refractivity contribution in [1.82, 2.24) is 10.2 Å². The monoisotopic (exact) mass is 290 g/mol. The van der Waals surface area contributed by atoms with E-state index in [4.69, 9.17) is 4.74 Å². The van der Waals surface area contributed by atoms with Gasteiger partial charge in [0, 0.05) is 24.7 Å². The number of ether oxygens (including phenoxy) is 1. The van der Waals surface area contributed by atoms with E-state index >= 15 is 0 Å². The highest BCUT2D eigenvalue weighted by Gasteiger charge is 2.35. The molecule has 3 heteroatoms. The third-order valence-electron chi connectivity index (χ3n) is 4.65. The van der Waals surface area contributed by atoms with Crippen molar-refractivity contribution in [2.75, 3.05) is 32.8 Å². The summed E-state index contributed by atoms with van der Waals surface area (Å²) in [5.74, 6) is 0. The minimum Gasteiger partial charge on any atom is -0.379 e. The summed E-state index contributed by atoms with van der Waals surface area (Å²) in [4.78, 5) is 2.57. The lowest BCUT2D eigenvalue weighted by Crippen LogP contribution is -2.61. The van der Waals surface area contributed by atoms with Crippen LogP contribution in [0.1, 0.15) is 31.9 Å². The highest BCUT2D eigenvalue weighted by atomic mass is 16.5. The Morgan fingerprint density at radius 3 is 2.62 bits per heavy atom. The highest BCUT2D eigenvalue weighted by Crippen LogP contribution is 2.23. The Balaban J connectivity index is 2.12. The molecule has 1 aliphatic rings. The van der Waals surface area contributed by atoms with Crippen LogP contribution in [0, 0.1) is 6.92 Å². The van der Waals surface area contributed by atoms with Gasteiger partial charge in [0.2, 0.25) is 0 Å². The van der Waals surface area contributed by atoms with E-state index in [1.165, 1.54) is 11.1 Å². The Hall–Kier alpha value is -0.900. The first-order valence-electron chi connectivity index (χ1n) is 8.15. The fourth-order valence-corrected chi connectivity index (χ4v) is 3.25. The number of hydrogen-bond donors (Lipinski definition) is 1. The predicted octanol–water partition coefficient (Wildman–Crippen LogP) is 2.63. The van der Waals surface area contributed by atoms with Gasteiger partial charge in [0.05, 0.1) is 13.2 Å². The number of nitrogens with one attached hydrogen (secondary N) is 1. The zero-order valence-corrected chi connectivity index (χ0v) is 14.0. The van der Waals surface area contributed by atoms with Gasteiger partial charge < -0.3 is 10.1 Å². The van der Waals surface area contributed by atoms with Crippen LogP contribution in [0.15, 0.2) is 24.3 Å². The Kier molecular flexibility index (Phi) is 5.80. The fraction of sp³-hybridized carbons (Fsp3) is 0.667. The second kappa shape index (κ2) is 7.39. The van der Waals surface area contributed by atoms with Gasteiger partial charge >= 0.3 is 0 Å². The van der Waals surface area contributed by atoms with Gasteiger partial charge in [-0.15, -0.1) is 0 Å². The SMILES string of the molecule is CCNC(Cc1cccc(C)c1)C(C)(C)N1CCOCC1. The molecule has 0 aromatic heterocycles. The molecule has 1 unspecified atom stereocenters. The zero-order valence-electron chi connectivity index (χ0n) is 14.0. The molecule has 0 saturated carbocycles. The van der Waals surface area contributed by atoms with Gasteiger partial charge in [-0.05, 0) is 39.3 Å². The molecule has 1 saturated heterocycles. The molecule has 0 bridgehead atoms. The molecule has 1 atom stereocenters. The quantitative estimate of drug-likeness (QED) is 0.871. The number of nitrogens with zero attached hydrogens (tertiary/aromatic N) is 1. The van der Waals surface area contributed by atoms with E-state index in [2.05, 4.69) is 62.2 Å². The third-order valence-corrected chi connectivity index (χ3v) is 4.65. The molecular formula is C18H30N2O. The maximum Gasteiger partial charge on any atom is 0.0594 e. The lowest BCUT2D eigenvalue weighted by atomic mass is 9.86. The molecule has 0 radical (unpaired) electrons. The zero-order chi connectivity index (χ0) is 15.3. The Morgan fingerprint density at radius 2 is 2.00 bits per heavy atom. The number of hydrogen-bond acceptors (Lipinski definition) is 3. The second-order valence-corrected chi connectivity index (χ2v) is 6.56. The third kappa shape index (κ3) is 4.29. The van der Waals surface area contributed by atoms with Gasteiger partial charge in [-0.3, -0.25) is 4.90 Å². The summed E-state index contributed by atoms with van der Waals surface area (Å²) in [5, 5.41) is 3.71. The minimum atomic E-state index is 0.129. The van der Waals surface area contributed by atoms with Crippen LogP contribution in [0.3, 0.4) is 0 Å². The standard InChI is InChI=1S/C18H30N2O/c1-5-19-17(14-16-8-6-7-15(2)13-16)18(3,4)20-9-11-21-12-10-20/h6-8,13,17,19H,5,9-12,14H2,1-4H3. The summed E-state index contributed by atoms with van der Waals surface area (Å²) < 4.78 is 5.51. The maximum atomic E-state index is 5.51. The van der Waals surface area contributed by atoms with Gasteiger partial charge in [-0.1, -0.05) is 36.8 Å². The fourth-order valence-electron chi connectivity index (χ4n) is 3.25. The van der Waals surface area contributed by atoms with Gasteiger partial charge in [0.15, 0.2) is 0 Å². The number of morpholine rings is 1. The smallest absolute Gasteiger partial charge is 0.0594 e. The van der Waals surface area contributed by atoms with Gasteiger partial charge in [0.25, 0.3) is 0 Å². The molecule has 21 heavy (non-hydrogen) atoms. The van der Waals surface area contributed by atoms with Crippen LogP contribution < -0.4 is 5.32 Å². The second-order valence-electron chi connectivity index (χ2n) is 6.56. The summed E-state index contributed by atoms with van der Waals surface area (Å²) in [6.45, 7) is 13.9. The molecule has 2 rings (SSSR count). The lowest BCUT2D eigenvalue weighted by molar-refractivity contribution is -0.0230. The van der Waals surface area contributed by atoms with Crippen LogP contribution in [0.4, 0.5) is 0 Å². The van der Waals surface area contributed by atoms with Crippen molar-refractivity contribution < 1.29 is 4.74 Å². The Labute approximate surface area is 129 Å². The van der Waals surface area contributed by atoms with Crippen molar-refractivity contribution in [2.45, 2.75) is 45.7 Å². The molecule has 1 fully saturated rings. The highest BCUT2D eigenvalue weighted by molar-refractivity contribution is 5.23. The normalized spacial score (nSPS) is 18.7. The van der Waals surface area contributed by atoms with Crippen molar-refractivity contribution in [3.05, 3.63) is 35.4 Å². The van der Waals surface area contributed by atoms with Crippen molar-refractivity contribution in [3.8, 4) is 0 Å². The number of benzene rings is 1. The molecule has 1 heterocycles. The number of likely N-dealkylation sites (N-methyl/N-ethyl adjacent to an activating group) is 1. The molecule has 0 aliphatic carbocycles. The van der Waals surface area contributed by atoms with Crippen molar-refractivity contribution in [3.63, 3.8) is 0 Å². The molecule has 1 aromatic rings. The van der Waals surface area contributed by atoms with Crippen molar-refractivity contribution in [2.24, 2.45) is 0 Å². The predicted molar refractivity (Wildman–Crippen MR) is 88.8 cm³/mol. The van der Waals surface area contributed by atoms with Crippen LogP contribution in [-0.2, 0) is 11.2 Å². The van der Waals surface area contributed by atoms with E-state index in [9.17, 15) is 0 Å². The van der Waals surface area contributed by atoms with Gasteiger partial charge in [-0.2, -0.15) is 0 Å². The van der Waals surface area contributed by atoms with E-state index < -0.39 is 0 Å². The van der Waals surface area contributed by atoms with Crippen LogP contribution in [-0.4, -0.2) is 49.3 Å². The van der Waals surface area contributed by atoms with Gasteiger partial charge in [-0.25, -0.2) is 0 Å². The van der Waals surface area contributed by atoms with E-state index in [0.717, 1.165) is 39.3 Å². The van der Waals surface area contributed by atoms with Crippen molar-refractivity contribution >= 4 is 0 Å². The first-order valence-corrected chi connectivity index (χ1v) is 8.15. The van der Waals surface area contributed by atoms with Crippen LogP contribution in [0.2, 0.25) is 0 Å². The minimum absolute atomic E-state index is 0.129. The molecule has 0 spiro atoms. The largest absolute Gasteiger partial charge is 0.379 e. The Bertz CT molecular complexity index is 439. The lowest BCUT2D eigenvalue weighted by Gasteiger charge is -2.46.